The van der Waals surface area contributed by atoms with Crippen molar-refractivity contribution in [1.82, 2.24) is 10.6 Å². The monoisotopic (exact) mass is 469 g/mol. The van der Waals surface area contributed by atoms with Gasteiger partial charge in [-0.2, -0.15) is 0 Å². The van der Waals surface area contributed by atoms with Crippen LogP contribution in [0.15, 0.2) is 53.5 Å². The van der Waals surface area contributed by atoms with Gasteiger partial charge >= 0.3 is 0 Å². The molecule has 0 aliphatic carbocycles. The van der Waals surface area contributed by atoms with E-state index in [1.165, 1.54) is 11.1 Å². The third-order valence-corrected chi connectivity index (χ3v) is 3.94. The number of ether oxygens (including phenoxy) is 2. The molecule has 0 aromatic heterocycles. The second-order valence-electron chi connectivity index (χ2n) is 5.59. The lowest BCUT2D eigenvalue weighted by atomic mass is 10.1. The van der Waals surface area contributed by atoms with Crippen molar-refractivity contribution in [2.45, 2.75) is 12.8 Å². The van der Waals surface area contributed by atoms with E-state index in [4.69, 9.17) is 9.47 Å². The van der Waals surface area contributed by atoms with Crippen molar-refractivity contribution < 1.29 is 9.47 Å². The zero-order chi connectivity index (χ0) is 17.9. The quantitative estimate of drug-likeness (QED) is 0.354. The molecule has 0 atom stereocenters. The van der Waals surface area contributed by atoms with Crippen LogP contribution in [-0.4, -0.2) is 40.3 Å². The summed E-state index contributed by atoms with van der Waals surface area (Å²) in [5, 5.41) is 6.67. The molecule has 2 aromatic rings. The molecule has 6 heteroatoms. The molecule has 142 valence electrons. The first-order valence-corrected chi connectivity index (χ1v) is 8.46. The first-order valence-electron chi connectivity index (χ1n) is 8.46. The van der Waals surface area contributed by atoms with Gasteiger partial charge in [-0.05, 0) is 42.2 Å². The molecule has 0 bridgehead atoms. The van der Waals surface area contributed by atoms with E-state index in [2.05, 4.69) is 33.8 Å². The van der Waals surface area contributed by atoms with E-state index in [-0.39, 0.29) is 24.0 Å². The second-order valence-corrected chi connectivity index (χ2v) is 5.59. The van der Waals surface area contributed by atoms with E-state index >= 15 is 0 Å². The van der Waals surface area contributed by atoms with E-state index in [9.17, 15) is 0 Å². The number of guanidine groups is 1. The summed E-state index contributed by atoms with van der Waals surface area (Å²) in [5.74, 6) is 2.61. The molecule has 0 heterocycles. The summed E-state index contributed by atoms with van der Waals surface area (Å²) >= 11 is 0. The van der Waals surface area contributed by atoms with Gasteiger partial charge in [0.25, 0.3) is 0 Å². The fraction of sp³-hybridized carbons (Fsp3) is 0.350. The van der Waals surface area contributed by atoms with Crippen molar-refractivity contribution in [3.05, 3.63) is 59.7 Å². The van der Waals surface area contributed by atoms with Crippen LogP contribution < -0.4 is 20.1 Å². The lowest BCUT2D eigenvalue weighted by Gasteiger charge is -2.13. The number of benzene rings is 2. The number of aliphatic imine (C=N–C) groups is 1. The Morgan fingerprint density at radius 2 is 1.65 bits per heavy atom. The highest BCUT2D eigenvalue weighted by atomic mass is 127. The molecule has 5 nitrogen and oxygen atoms in total. The summed E-state index contributed by atoms with van der Waals surface area (Å²) < 4.78 is 10.6. The van der Waals surface area contributed by atoms with Gasteiger partial charge in [-0.25, -0.2) is 0 Å². The minimum absolute atomic E-state index is 0. The van der Waals surface area contributed by atoms with E-state index in [0.717, 1.165) is 43.4 Å². The first kappa shape index (κ1) is 22.1. The third kappa shape index (κ3) is 7.11. The van der Waals surface area contributed by atoms with Crippen molar-refractivity contribution in [1.29, 1.82) is 0 Å². The maximum absolute atomic E-state index is 5.38. The van der Waals surface area contributed by atoms with Gasteiger partial charge in [0, 0.05) is 20.1 Å². The number of para-hydroxylation sites is 1. The second kappa shape index (κ2) is 12.4. The van der Waals surface area contributed by atoms with Crippen molar-refractivity contribution in [2.24, 2.45) is 4.99 Å². The molecule has 0 unspecified atom stereocenters. The van der Waals surface area contributed by atoms with Gasteiger partial charge in [-0.3, -0.25) is 4.99 Å². The largest absolute Gasteiger partial charge is 0.497 e. The van der Waals surface area contributed by atoms with Gasteiger partial charge in [0.1, 0.15) is 11.5 Å². The SMILES string of the molecule is CN=C(NCCc1cccc(OC)c1)NCCc1ccccc1OC.I. The Hall–Kier alpha value is -1.96. The molecular formula is C20H28IN3O2. The van der Waals surface area contributed by atoms with Crippen molar-refractivity contribution >= 4 is 29.9 Å². The van der Waals surface area contributed by atoms with Crippen LogP contribution in [0.1, 0.15) is 11.1 Å². The summed E-state index contributed by atoms with van der Waals surface area (Å²) in [6.45, 7) is 1.60. The van der Waals surface area contributed by atoms with Gasteiger partial charge in [-0.15, -0.1) is 24.0 Å². The average Bonchev–Trinajstić information content (AvgIpc) is 2.67. The molecule has 0 amide bonds. The van der Waals surface area contributed by atoms with Gasteiger partial charge in [0.2, 0.25) is 0 Å². The Labute approximate surface area is 173 Å². The van der Waals surface area contributed by atoms with Crippen molar-refractivity contribution in [3.63, 3.8) is 0 Å². The number of hydrogen-bond donors (Lipinski definition) is 2. The molecule has 2 rings (SSSR count). The number of methoxy groups -OCH3 is 2. The standard InChI is InChI=1S/C20H27N3O2.HI/c1-21-20(22-13-11-16-7-6-9-18(15-16)24-2)23-14-12-17-8-4-5-10-19(17)25-3;/h4-10,15H,11-14H2,1-3H3,(H2,21,22,23);1H. The molecule has 0 fully saturated rings. The Bertz CT molecular complexity index is 692. The maximum atomic E-state index is 5.38. The van der Waals surface area contributed by atoms with Gasteiger partial charge in [0.05, 0.1) is 14.2 Å². The Kier molecular flexibility index (Phi) is 10.5. The predicted octanol–water partition coefficient (Wildman–Crippen LogP) is 3.27. The first-order chi connectivity index (χ1) is 12.3. The smallest absolute Gasteiger partial charge is 0.190 e. The molecule has 0 saturated carbocycles. The topological polar surface area (TPSA) is 54.9 Å². The molecule has 0 aliphatic rings. The summed E-state index contributed by atoms with van der Waals surface area (Å²) in [4.78, 5) is 4.27. The minimum Gasteiger partial charge on any atom is -0.497 e. The van der Waals surface area contributed by atoms with Gasteiger partial charge < -0.3 is 20.1 Å². The molecule has 0 radical (unpaired) electrons. The van der Waals surface area contributed by atoms with Crippen LogP contribution in [0, 0.1) is 0 Å². The zero-order valence-electron chi connectivity index (χ0n) is 15.6. The lowest BCUT2D eigenvalue weighted by molar-refractivity contribution is 0.409. The lowest BCUT2D eigenvalue weighted by Crippen LogP contribution is -2.39. The Morgan fingerprint density at radius 3 is 2.35 bits per heavy atom. The van der Waals surface area contributed by atoms with Gasteiger partial charge in [0.15, 0.2) is 5.96 Å². The van der Waals surface area contributed by atoms with Crippen LogP contribution in [0.2, 0.25) is 0 Å². The fourth-order valence-corrected chi connectivity index (χ4v) is 2.60. The van der Waals surface area contributed by atoms with E-state index in [1.807, 2.05) is 30.3 Å². The van der Waals surface area contributed by atoms with Crippen LogP contribution >= 0.6 is 24.0 Å². The van der Waals surface area contributed by atoms with Crippen LogP contribution in [0.5, 0.6) is 11.5 Å². The Morgan fingerprint density at radius 1 is 0.923 bits per heavy atom. The molecule has 0 saturated heterocycles. The van der Waals surface area contributed by atoms with Crippen LogP contribution in [0.3, 0.4) is 0 Å². The van der Waals surface area contributed by atoms with Crippen molar-refractivity contribution in [2.75, 3.05) is 34.4 Å². The molecule has 2 aromatic carbocycles. The average molecular weight is 469 g/mol. The predicted molar refractivity (Wildman–Crippen MR) is 118 cm³/mol. The number of rotatable bonds is 8. The highest BCUT2D eigenvalue weighted by Crippen LogP contribution is 2.17. The van der Waals surface area contributed by atoms with E-state index in [0.29, 0.717) is 0 Å². The molecule has 2 N–H and O–H groups in total. The number of nitrogens with zero attached hydrogens (tertiary/aromatic N) is 1. The number of halogens is 1. The molecule has 0 aliphatic heterocycles. The molecular weight excluding hydrogens is 441 g/mol. The van der Waals surface area contributed by atoms with Gasteiger partial charge in [-0.1, -0.05) is 30.3 Å². The molecule has 26 heavy (non-hydrogen) atoms. The highest BCUT2D eigenvalue weighted by Gasteiger charge is 2.03. The van der Waals surface area contributed by atoms with Crippen LogP contribution in [-0.2, 0) is 12.8 Å². The fourth-order valence-electron chi connectivity index (χ4n) is 2.60. The summed E-state index contributed by atoms with van der Waals surface area (Å²) in [6.07, 6.45) is 1.78. The summed E-state index contributed by atoms with van der Waals surface area (Å²) in [5.41, 5.74) is 2.42. The van der Waals surface area contributed by atoms with Crippen LogP contribution in [0.25, 0.3) is 0 Å². The maximum Gasteiger partial charge on any atom is 0.190 e. The number of nitrogens with one attached hydrogen (secondary N) is 2. The Balaban J connectivity index is 0.00000338. The van der Waals surface area contributed by atoms with Crippen molar-refractivity contribution in [3.8, 4) is 11.5 Å². The van der Waals surface area contributed by atoms with E-state index in [1.54, 1.807) is 21.3 Å². The van der Waals surface area contributed by atoms with E-state index < -0.39 is 0 Å². The molecule has 0 spiro atoms. The minimum atomic E-state index is 0. The third-order valence-electron chi connectivity index (χ3n) is 3.94. The highest BCUT2D eigenvalue weighted by molar-refractivity contribution is 14.0. The number of hydrogen-bond acceptors (Lipinski definition) is 3. The van der Waals surface area contributed by atoms with Crippen LogP contribution in [0.4, 0.5) is 0 Å². The normalized spacial score (nSPS) is 10.7. The summed E-state index contributed by atoms with van der Waals surface area (Å²) in [6, 6.07) is 16.2. The summed E-state index contributed by atoms with van der Waals surface area (Å²) in [7, 11) is 5.17. The zero-order valence-corrected chi connectivity index (χ0v) is 17.9.